The fourth-order valence-electron chi connectivity index (χ4n) is 1.73. The van der Waals surface area contributed by atoms with Crippen LogP contribution in [0.25, 0.3) is 0 Å². The predicted octanol–water partition coefficient (Wildman–Crippen LogP) is 2.36. The lowest BCUT2D eigenvalue weighted by atomic mass is 10.1. The molecule has 3 nitrogen and oxygen atoms in total. The minimum absolute atomic E-state index is 0.0911. The largest absolute Gasteiger partial charge is 0.407 e. The fourth-order valence-corrected chi connectivity index (χ4v) is 1.73. The van der Waals surface area contributed by atoms with Gasteiger partial charge in [0.1, 0.15) is 6.04 Å². The second kappa shape index (κ2) is 6.06. The van der Waals surface area contributed by atoms with Crippen LogP contribution in [0.1, 0.15) is 18.5 Å². The van der Waals surface area contributed by atoms with E-state index in [-0.39, 0.29) is 5.56 Å². The molecule has 0 aliphatic carbocycles. The Bertz CT molecular complexity index is 418. The van der Waals surface area contributed by atoms with E-state index in [1.165, 1.54) is 50.2 Å². The van der Waals surface area contributed by atoms with Crippen LogP contribution < -0.4 is 5.32 Å². The Morgan fingerprint density at radius 3 is 2.16 bits per heavy atom. The van der Waals surface area contributed by atoms with E-state index in [1.54, 1.807) is 6.07 Å². The number of rotatable bonds is 4. The molecule has 1 rings (SSSR count). The lowest BCUT2D eigenvalue weighted by Crippen LogP contribution is -2.46. The van der Waals surface area contributed by atoms with E-state index in [0.29, 0.717) is 0 Å². The minimum Gasteiger partial charge on any atom is -0.347 e. The third-order valence-corrected chi connectivity index (χ3v) is 2.69. The molecule has 0 fully saturated rings. The number of likely N-dealkylation sites (N-methyl/N-ethyl adjacent to an activating group) is 1. The maximum atomic E-state index is 13.0. The van der Waals surface area contributed by atoms with E-state index in [9.17, 15) is 18.0 Å². The van der Waals surface area contributed by atoms with Crippen molar-refractivity contribution >= 4 is 5.91 Å². The van der Waals surface area contributed by atoms with E-state index in [0.717, 1.165) is 0 Å². The summed E-state index contributed by atoms with van der Waals surface area (Å²) in [6.45, 7) is 1.42. The van der Waals surface area contributed by atoms with E-state index in [1.807, 2.05) is 0 Å². The zero-order valence-electron chi connectivity index (χ0n) is 11.0. The maximum absolute atomic E-state index is 13.0. The summed E-state index contributed by atoms with van der Waals surface area (Å²) in [7, 11) is 3.01. The number of hydrogen-bond donors (Lipinski definition) is 1. The number of halogens is 3. The number of alkyl halides is 3. The van der Waals surface area contributed by atoms with Gasteiger partial charge in [0.05, 0.1) is 6.04 Å². The molecule has 1 aromatic carbocycles. The van der Waals surface area contributed by atoms with Crippen molar-refractivity contribution in [2.24, 2.45) is 0 Å². The summed E-state index contributed by atoms with van der Waals surface area (Å²) in [6.07, 6.45) is -4.46. The number of nitrogens with zero attached hydrogens (tertiary/aromatic N) is 1. The van der Waals surface area contributed by atoms with E-state index in [4.69, 9.17) is 0 Å². The van der Waals surface area contributed by atoms with Crippen molar-refractivity contribution < 1.29 is 18.0 Å². The molecule has 0 saturated carbocycles. The summed E-state index contributed by atoms with van der Waals surface area (Å²) in [5, 5.41) is 2.34. The second-order valence-corrected chi connectivity index (χ2v) is 4.51. The van der Waals surface area contributed by atoms with Crippen molar-refractivity contribution in [1.82, 2.24) is 10.2 Å². The molecular formula is C13H17F3N2O. The van der Waals surface area contributed by atoms with Crippen LogP contribution in [0.4, 0.5) is 13.2 Å². The second-order valence-electron chi connectivity index (χ2n) is 4.51. The van der Waals surface area contributed by atoms with Gasteiger partial charge in [0, 0.05) is 14.1 Å². The zero-order chi connectivity index (χ0) is 14.6. The number of hydrogen-bond acceptors (Lipinski definition) is 2. The van der Waals surface area contributed by atoms with Gasteiger partial charge in [0.2, 0.25) is 5.91 Å². The van der Waals surface area contributed by atoms with Crippen molar-refractivity contribution in [3.63, 3.8) is 0 Å². The standard InChI is InChI=1S/C13H17F3N2O/c1-9(12(19)18(2)3)17-11(13(14,15)16)10-7-5-4-6-8-10/h4-9,11,17H,1-3H3. The van der Waals surface area contributed by atoms with E-state index >= 15 is 0 Å². The van der Waals surface area contributed by atoms with Gasteiger partial charge >= 0.3 is 6.18 Å². The highest BCUT2D eigenvalue weighted by atomic mass is 19.4. The minimum atomic E-state index is -4.46. The van der Waals surface area contributed by atoms with Gasteiger partial charge in [-0.25, -0.2) is 0 Å². The van der Waals surface area contributed by atoms with Crippen molar-refractivity contribution in [2.75, 3.05) is 14.1 Å². The lowest BCUT2D eigenvalue weighted by molar-refractivity contribution is -0.161. The Morgan fingerprint density at radius 2 is 1.74 bits per heavy atom. The van der Waals surface area contributed by atoms with Crippen LogP contribution in [0.15, 0.2) is 30.3 Å². The molecule has 0 saturated heterocycles. The van der Waals surface area contributed by atoms with Crippen LogP contribution >= 0.6 is 0 Å². The smallest absolute Gasteiger partial charge is 0.347 e. The summed E-state index contributed by atoms with van der Waals surface area (Å²) >= 11 is 0. The molecular weight excluding hydrogens is 257 g/mol. The molecule has 0 aromatic heterocycles. The molecule has 2 unspecified atom stereocenters. The van der Waals surface area contributed by atoms with Gasteiger partial charge < -0.3 is 4.90 Å². The molecule has 0 radical (unpaired) electrons. The van der Waals surface area contributed by atoms with E-state index < -0.39 is 24.2 Å². The maximum Gasteiger partial charge on any atom is 0.407 e. The Kier molecular flexibility index (Phi) is 4.94. The number of amides is 1. The van der Waals surface area contributed by atoms with Crippen LogP contribution in [-0.2, 0) is 4.79 Å². The summed E-state index contributed by atoms with van der Waals surface area (Å²) in [4.78, 5) is 12.9. The summed E-state index contributed by atoms with van der Waals surface area (Å²) in [5.41, 5.74) is 0.0911. The van der Waals surface area contributed by atoms with Gasteiger partial charge in [0.15, 0.2) is 0 Å². The third-order valence-electron chi connectivity index (χ3n) is 2.69. The Morgan fingerprint density at radius 1 is 1.21 bits per heavy atom. The molecule has 0 spiro atoms. The van der Waals surface area contributed by atoms with Gasteiger partial charge in [-0.15, -0.1) is 0 Å². The molecule has 0 aliphatic heterocycles. The van der Waals surface area contributed by atoms with Crippen molar-refractivity contribution in [3.05, 3.63) is 35.9 Å². The van der Waals surface area contributed by atoms with Gasteiger partial charge in [0.25, 0.3) is 0 Å². The monoisotopic (exact) mass is 274 g/mol. The average molecular weight is 274 g/mol. The van der Waals surface area contributed by atoms with Gasteiger partial charge in [-0.3, -0.25) is 10.1 Å². The molecule has 0 heterocycles. The molecule has 0 bridgehead atoms. The van der Waals surface area contributed by atoms with Crippen molar-refractivity contribution in [3.8, 4) is 0 Å². The third kappa shape index (κ3) is 4.24. The first-order valence-electron chi connectivity index (χ1n) is 5.82. The first-order valence-corrected chi connectivity index (χ1v) is 5.82. The summed E-state index contributed by atoms with van der Waals surface area (Å²) in [6, 6.07) is 4.72. The summed E-state index contributed by atoms with van der Waals surface area (Å²) in [5.74, 6) is -0.398. The predicted molar refractivity (Wildman–Crippen MR) is 66.5 cm³/mol. The van der Waals surface area contributed by atoms with Crippen LogP contribution in [0, 0.1) is 0 Å². The molecule has 1 N–H and O–H groups in total. The highest BCUT2D eigenvalue weighted by molar-refractivity contribution is 5.81. The van der Waals surface area contributed by atoms with Crippen molar-refractivity contribution in [1.29, 1.82) is 0 Å². The highest BCUT2D eigenvalue weighted by Gasteiger charge is 2.42. The molecule has 2 atom stereocenters. The van der Waals surface area contributed by atoms with Crippen LogP contribution in [0.3, 0.4) is 0 Å². The Labute approximate surface area is 110 Å². The average Bonchev–Trinajstić information content (AvgIpc) is 2.34. The number of benzene rings is 1. The first-order chi connectivity index (χ1) is 8.73. The topological polar surface area (TPSA) is 32.3 Å². The van der Waals surface area contributed by atoms with Crippen LogP contribution in [0.2, 0.25) is 0 Å². The molecule has 6 heteroatoms. The first kappa shape index (κ1) is 15.5. The number of nitrogens with one attached hydrogen (secondary N) is 1. The molecule has 0 aliphatic rings. The highest BCUT2D eigenvalue weighted by Crippen LogP contribution is 2.32. The van der Waals surface area contributed by atoms with Gasteiger partial charge in [-0.05, 0) is 12.5 Å². The van der Waals surface area contributed by atoms with E-state index in [2.05, 4.69) is 5.32 Å². The lowest BCUT2D eigenvalue weighted by Gasteiger charge is -2.26. The zero-order valence-corrected chi connectivity index (χ0v) is 11.0. The molecule has 19 heavy (non-hydrogen) atoms. The van der Waals surface area contributed by atoms with Crippen molar-refractivity contribution in [2.45, 2.75) is 25.2 Å². The van der Waals surface area contributed by atoms with Gasteiger partial charge in [-0.2, -0.15) is 13.2 Å². The molecule has 106 valence electrons. The summed E-state index contributed by atoms with van der Waals surface area (Å²) < 4.78 is 39.1. The Balaban J connectivity index is 2.92. The van der Waals surface area contributed by atoms with Gasteiger partial charge in [-0.1, -0.05) is 30.3 Å². The molecule has 1 amide bonds. The van der Waals surface area contributed by atoms with Crippen LogP contribution in [0.5, 0.6) is 0 Å². The number of carbonyl (C=O) groups excluding carboxylic acids is 1. The normalized spacial score (nSPS) is 14.8. The fraction of sp³-hybridized carbons (Fsp3) is 0.462. The SMILES string of the molecule is CC(NC(c1ccccc1)C(F)(F)F)C(=O)N(C)C. The van der Waals surface area contributed by atoms with Crippen LogP contribution in [-0.4, -0.2) is 37.1 Å². The Hall–Kier alpha value is -1.56. The quantitative estimate of drug-likeness (QED) is 0.914. The number of carbonyl (C=O) groups is 1. The molecule has 1 aromatic rings.